The van der Waals surface area contributed by atoms with Crippen molar-refractivity contribution in [3.8, 4) is 0 Å². The van der Waals surface area contributed by atoms with Crippen molar-refractivity contribution >= 4 is 12.6 Å². The fourth-order valence-electron chi connectivity index (χ4n) is 3.29. The number of hydrogen-bond acceptors (Lipinski definition) is 2. The number of fused-ring (bicyclic) bond motifs is 2. The van der Waals surface area contributed by atoms with Crippen LogP contribution in [0.5, 0.6) is 0 Å². The van der Waals surface area contributed by atoms with Crippen molar-refractivity contribution in [1.82, 2.24) is 0 Å². The van der Waals surface area contributed by atoms with Gasteiger partial charge in [0.1, 0.15) is 0 Å². The summed E-state index contributed by atoms with van der Waals surface area (Å²) >= 11 is 4.51. The van der Waals surface area contributed by atoms with Gasteiger partial charge in [-0.05, 0) is 29.6 Å². The Bertz CT molecular complexity index is 214. The molecule has 0 spiro atoms. The molecular formula is C10H18OS. The molecule has 2 bridgehead atoms. The highest BCUT2D eigenvalue weighted by Gasteiger charge is 2.64. The maximum Gasteiger partial charge on any atom is 0.0717 e. The van der Waals surface area contributed by atoms with E-state index >= 15 is 0 Å². The fourth-order valence-corrected chi connectivity index (χ4v) is 4.14. The second kappa shape index (κ2) is 2.21. The molecule has 2 aliphatic carbocycles. The first-order valence-electron chi connectivity index (χ1n) is 4.77. The molecule has 0 aromatic rings. The van der Waals surface area contributed by atoms with E-state index in [0.717, 1.165) is 0 Å². The maximum atomic E-state index is 10.0. The number of aliphatic hydroxyl groups excluding tert-OH is 1. The lowest BCUT2D eigenvalue weighted by molar-refractivity contribution is 0.0150. The van der Waals surface area contributed by atoms with Crippen LogP contribution >= 0.6 is 12.6 Å². The van der Waals surface area contributed by atoms with E-state index in [1.54, 1.807) is 0 Å². The number of aliphatic hydroxyl groups is 1. The monoisotopic (exact) mass is 186 g/mol. The van der Waals surface area contributed by atoms with Gasteiger partial charge in [0.15, 0.2) is 0 Å². The minimum Gasteiger partial charge on any atom is -0.391 e. The standard InChI is InChI=1S/C10H18OS/c1-9(2)6-4-5-10(9,3)8(11)7(6)12/h6-8,11-12H,4-5H2,1-3H3/t6-,7-,8+,10-/m0/s1. The number of rotatable bonds is 0. The molecule has 70 valence electrons. The Morgan fingerprint density at radius 2 is 1.92 bits per heavy atom. The highest BCUT2D eigenvalue weighted by Crippen LogP contribution is 2.66. The predicted octanol–water partition coefficient (Wildman–Crippen LogP) is 2.10. The van der Waals surface area contributed by atoms with Gasteiger partial charge in [-0.2, -0.15) is 12.6 Å². The first-order valence-corrected chi connectivity index (χ1v) is 5.29. The highest BCUT2D eigenvalue weighted by atomic mass is 32.1. The van der Waals surface area contributed by atoms with Crippen LogP contribution in [0.15, 0.2) is 0 Å². The lowest BCUT2D eigenvalue weighted by atomic mass is 9.70. The molecule has 0 saturated heterocycles. The van der Waals surface area contributed by atoms with Gasteiger partial charge in [-0.1, -0.05) is 20.8 Å². The first-order chi connectivity index (χ1) is 5.41. The van der Waals surface area contributed by atoms with Crippen molar-refractivity contribution in [2.75, 3.05) is 0 Å². The van der Waals surface area contributed by atoms with Crippen molar-refractivity contribution in [2.24, 2.45) is 16.7 Å². The number of hydrogen-bond donors (Lipinski definition) is 2. The molecule has 2 saturated carbocycles. The molecule has 1 nitrogen and oxygen atoms in total. The van der Waals surface area contributed by atoms with E-state index in [4.69, 9.17) is 0 Å². The Hall–Kier alpha value is 0.310. The lowest BCUT2D eigenvalue weighted by Gasteiger charge is -2.36. The summed E-state index contributed by atoms with van der Waals surface area (Å²) in [4.78, 5) is 0. The molecule has 0 aromatic carbocycles. The van der Waals surface area contributed by atoms with Crippen LogP contribution in [0.1, 0.15) is 33.6 Å². The second-order valence-electron chi connectivity index (χ2n) is 5.22. The minimum absolute atomic E-state index is 0.115. The summed E-state index contributed by atoms with van der Waals surface area (Å²) in [6.45, 7) is 6.78. The third-order valence-corrected chi connectivity index (χ3v) is 5.40. The quantitative estimate of drug-likeness (QED) is 0.555. The Morgan fingerprint density at radius 1 is 1.33 bits per heavy atom. The van der Waals surface area contributed by atoms with Crippen LogP contribution < -0.4 is 0 Å². The second-order valence-corrected chi connectivity index (χ2v) is 5.82. The molecule has 0 unspecified atom stereocenters. The average Bonchev–Trinajstić information content (AvgIpc) is 2.26. The smallest absolute Gasteiger partial charge is 0.0717 e. The average molecular weight is 186 g/mol. The van der Waals surface area contributed by atoms with Crippen LogP contribution in [-0.2, 0) is 0 Å². The molecule has 2 fully saturated rings. The van der Waals surface area contributed by atoms with E-state index < -0.39 is 0 Å². The van der Waals surface area contributed by atoms with Gasteiger partial charge in [0.05, 0.1) is 6.10 Å². The van der Waals surface area contributed by atoms with E-state index in [1.165, 1.54) is 12.8 Å². The molecule has 0 heterocycles. The first kappa shape index (κ1) is 8.89. The van der Waals surface area contributed by atoms with Crippen LogP contribution in [0.2, 0.25) is 0 Å². The summed E-state index contributed by atoms with van der Waals surface area (Å²) in [5, 5.41) is 10.2. The zero-order valence-electron chi connectivity index (χ0n) is 8.04. The molecule has 0 aliphatic heterocycles. The van der Waals surface area contributed by atoms with Crippen LogP contribution in [-0.4, -0.2) is 16.5 Å². The van der Waals surface area contributed by atoms with Crippen molar-refractivity contribution in [3.05, 3.63) is 0 Å². The molecule has 0 radical (unpaired) electrons. The van der Waals surface area contributed by atoms with E-state index in [0.29, 0.717) is 5.92 Å². The topological polar surface area (TPSA) is 20.2 Å². The van der Waals surface area contributed by atoms with Crippen molar-refractivity contribution in [2.45, 2.75) is 45.0 Å². The third-order valence-electron chi connectivity index (χ3n) is 4.76. The summed E-state index contributed by atoms with van der Waals surface area (Å²) in [6, 6.07) is 0. The lowest BCUT2D eigenvalue weighted by Crippen LogP contribution is -2.37. The molecule has 0 amide bonds. The summed E-state index contributed by atoms with van der Waals surface area (Å²) in [5.41, 5.74) is 0.392. The summed E-state index contributed by atoms with van der Waals surface area (Å²) in [6.07, 6.45) is 2.21. The van der Waals surface area contributed by atoms with Gasteiger partial charge in [-0.3, -0.25) is 0 Å². The predicted molar refractivity (Wildman–Crippen MR) is 53.4 cm³/mol. The van der Waals surface area contributed by atoms with Gasteiger partial charge < -0.3 is 5.11 Å². The Morgan fingerprint density at radius 3 is 2.17 bits per heavy atom. The van der Waals surface area contributed by atoms with E-state index in [-0.39, 0.29) is 22.2 Å². The molecule has 2 aliphatic rings. The molecule has 12 heavy (non-hydrogen) atoms. The normalized spacial score (nSPS) is 56.2. The highest BCUT2D eigenvalue weighted by molar-refractivity contribution is 7.81. The Kier molecular flexibility index (Phi) is 1.64. The van der Waals surface area contributed by atoms with Gasteiger partial charge in [-0.25, -0.2) is 0 Å². The van der Waals surface area contributed by atoms with Crippen LogP contribution in [0.3, 0.4) is 0 Å². The molecule has 2 heteroatoms. The molecule has 2 rings (SSSR count). The van der Waals surface area contributed by atoms with E-state index in [9.17, 15) is 5.11 Å². The molecule has 4 atom stereocenters. The van der Waals surface area contributed by atoms with Crippen molar-refractivity contribution < 1.29 is 5.11 Å². The van der Waals surface area contributed by atoms with Crippen LogP contribution in [0, 0.1) is 16.7 Å². The molecule has 0 aromatic heterocycles. The zero-order chi connectivity index (χ0) is 9.15. The van der Waals surface area contributed by atoms with Crippen molar-refractivity contribution in [3.63, 3.8) is 0 Å². The third kappa shape index (κ3) is 0.717. The summed E-state index contributed by atoms with van der Waals surface area (Å²) in [7, 11) is 0. The summed E-state index contributed by atoms with van der Waals surface area (Å²) < 4.78 is 0. The largest absolute Gasteiger partial charge is 0.391 e. The van der Waals surface area contributed by atoms with Gasteiger partial charge in [0.2, 0.25) is 0 Å². The van der Waals surface area contributed by atoms with Crippen LogP contribution in [0.4, 0.5) is 0 Å². The Labute approximate surface area is 80.0 Å². The van der Waals surface area contributed by atoms with Gasteiger partial charge in [0.25, 0.3) is 0 Å². The van der Waals surface area contributed by atoms with Crippen molar-refractivity contribution in [1.29, 1.82) is 0 Å². The summed E-state index contributed by atoms with van der Waals surface area (Å²) in [5.74, 6) is 0.612. The van der Waals surface area contributed by atoms with Gasteiger partial charge in [-0.15, -0.1) is 0 Å². The van der Waals surface area contributed by atoms with Gasteiger partial charge in [0, 0.05) is 5.25 Å². The maximum absolute atomic E-state index is 10.0. The molecular weight excluding hydrogens is 168 g/mol. The van der Waals surface area contributed by atoms with E-state index in [2.05, 4.69) is 33.4 Å². The van der Waals surface area contributed by atoms with Crippen LogP contribution in [0.25, 0.3) is 0 Å². The zero-order valence-corrected chi connectivity index (χ0v) is 8.94. The Balaban J connectivity index is 2.44. The fraction of sp³-hybridized carbons (Fsp3) is 1.00. The van der Waals surface area contributed by atoms with E-state index in [1.807, 2.05) is 0 Å². The minimum atomic E-state index is -0.199. The number of thiol groups is 1. The molecule has 1 N–H and O–H groups in total. The SMILES string of the molecule is CC1(C)[C@H]2CC[C@@]1(C)[C@H](O)[C@H]2S. The van der Waals surface area contributed by atoms with Gasteiger partial charge >= 0.3 is 0 Å².